The molecule has 6 heteroatoms. The lowest BCUT2D eigenvalue weighted by atomic mass is 9.81. The normalized spacial score (nSPS) is 18.4. The summed E-state index contributed by atoms with van der Waals surface area (Å²) in [5.41, 5.74) is 2.00. The average Bonchev–Trinajstić information content (AvgIpc) is 3.24. The van der Waals surface area contributed by atoms with Gasteiger partial charge < -0.3 is 10.2 Å². The quantitative estimate of drug-likeness (QED) is 0.532. The van der Waals surface area contributed by atoms with E-state index in [1.165, 1.54) is 0 Å². The monoisotopic (exact) mass is 438 g/mol. The summed E-state index contributed by atoms with van der Waals surface area (Å²) in [6.07, 6.45) is 0. The summed E-state index contributed by atoms with van der Waals surface area (Å²) >= 11 is 7.67. The van der Waals surface area contributed by atoms with Crippen LogP contribution in [0.2, 0.25) is 5.02 Å². The van der Waals surface area contributed by atoms with Crippen LogP contribution in [0.3, 0.4) is 0 Å². The number of amides is 2. The summed E-state index contributed by atoms with van der Waals surface area (Å²) in [7, 11) is 0. The maximum Gasteiger partial charge on any atom is 0.254 e. The Labute approximate surface area is 185 Å². The fourth-order valence-corrected chi connectivity index (χ4v) is 5.10. The maximum absolute atomic E-state index is 13.6. The minimum absolute atomic E-state index is 0.0236. The molecule has 1 aliphatic rings. The number of rotatable bonds is 5. The number of carbonyl (C=O) groups excluding carboxylic acids is 2. The van der Waals surface area contributed by atoms with E-state index in [1.54, 1.807) is 29.5 Å². The van der Waals surface area contributed by atoms with E-state index >= 15 is 0 Å². The molecule has 0 spiro atoms. The predicted molar refractivity (Wildman–Crippen MR) is 122 cm³/mol. The molecule has 30 heavy (non-hydrogen) atoms. The molecular weight excluding hydrogens is 416 g/mol. The summed E-state index contributed by atoms with van der Waals surface area (Å²) in [6.45, 7) is 4.75. The molecule has 4 rings (SSSR count). The Hall–Kier alpha value is -2.63. The van der Waals surface area contributed by atoms with E-state index in [1.807, 2.05) is 52.7 Å². The molecule has 1 aliphatic heterocycles. The van der Waals surface area contributed by atoms with Crippen molar-refractivity contribution in [2.45, 2.75) is 25.8 Å². The van der Waals surface area contributed by atoms with Crippen LogP contribution in [-0.4, -0.2) is 23.3 Å². The number of thiophene rings is 1. The molecule has 1 N–H and O–H groups in total. The number of nitrogens with one attached hydrogen (secondary N) is 1. The summed E-state index contributed by atoms with van der Waals surface area (Å²) in [6, 6.07) is 18.2. The van der Waals surface area contributed by atoms with Gasteiger partial charge in [0.05, 0.1) is 12.0 Å². The van der Waals surface area contributed by atoms with Gasteiger partial charge in [0, 0.05) is 27.7 Å². The molecule has 2 heterocycles. The first-order valence-electron chi connectivity index (χ1n) is 9.95. The Bertz CT molecular complexity index is 1060. The number of fused-ring (bicyclic) bond motifs is 1. The molecule has 0 unspecified atom stereocenters. The van der Waals surface area contributed by atoms with E-state index in [4.69, 9.17) is 11.6 Å². The molecule has 4 nitrogen and oxygen atoms in total. The standard InChI is InChI=1S/C24H23ClN2O2S/c1-15(2)14-27-22(20-11-6-12-30-20)21(18-9-3-4-10-19(18)24(27)29)23(28)26-17-8-5-7-16(25)13-17/h3-13,15,21-22H,14H2,1-2H3,(H,26,28)/t21-,22-/m1/s1. The number of nitrogens with zero attached hydrogens (tertiary/aromatic N) is 1. The Morgan fingerprint density at radius 3 is 2.63 bits per heavy atom. The van der Waals surface area contributed by atoms with Crippen LogP contribution in [0.4, 0.5) is 5.69 Å². The smallest absolute Gasteiger partial charge is 0.254 e. The van der Waals surface area contributed by atoms with Crippen molar-refractivity contribution in [2.75, 3.05) is 11.9 Å². The van der Waals surface area contributed by atoms with Crippen molar-refractivity contribution in [3.63, 3.8) is 0 Å². The zero-order valence-electron chi connectivity index (χ0n) is 16.8. The molecule has 2 amide bonds. The minimum atomic E-state index is -0.518. The van der Waals surface area contributed by atoms with E-state index in [9.17, 15) is 9.59 Å². The molecule has 0 fully saturated rings. The van der Waals surface area contributed by atoms with E-state index in [0.29, 0.717) is 22.8 Å². The van der Waals surface area contributed by atoms with Crippen LogP contribution in [0.1, 0.15) is 46.6 Å². The molecule has 3 aromatic rings. The highest BCUT2D eigenvalue weighted by atomic mass is 35.5. The predicted octanol–water partition coefficient (Wildman–Crippen LogP) is 5.98. The van der Waals surface area contributed by atoms with Crippen molar-refractivity contribution < 1.29 is 9.59 Å². The van der Waals surface area contributed by atoms with Crippen molar-refractivity contribution >= 4 is 40.4 Å². The zero-order chi connectivity index (χ0) is 21.3. The fraction of sp³-hybridized carbons (Fsp3) is 0.250. The van der Waals surface area contributed by atoms with E-state index in [0.717, 1.165) is 10.4 Å². The first kappa shape index (κ1) is 20.6. The number of halogens is 1. The third-order valence-corrected chi connectivity index (χ3v) is 6.39. The first-order valence-corrected chi connectivity index (χ1v) is 11.2. The molecule has 0 bridgehead atoms. The molecule has 154 valence electrons. The number of anilines is 1. The van der Waals surface area contributed by atoms with Gasteiger partial charge in [-0.25, -0.2) is 0 Å². The van der Waals surface area contributed by atoms with Gasteiger partial charge in [-0.1, -0.05) is 55.8 Å². The van der Waals surface area contributed by atoms with Gasteiger partial charge in [-0.2, -0.15) is 0 Å². The van der Waals surface area contributed by atoms with Crippen LogP contribution < -0.4 is 5.32 Å². The van der Waals surface area contributed by atoms with Gasteiger partial charge in [0.2, 0.25) is 5.91 Å². The lowest BCUT2D eigenvalue weighted by Crippen LogP contribution is -2.47. The minimum Gasteiger partial charge on any atom is -0.329 e. The summed E-state index contributed by atoms with van der Waals surface area (Å²) < 4.78 is 0. The van der Waals surface area contributed by atoms with Gasteiger partial charge in [0.1, 0.15) is 0 Å². The highest BCUT2D eigenvalue weighted by molar-refractivity contribution is 7.10. The number of benzene rings is 2. The molecule has 0 saturated heterocycles. The Balaban J connectivity index is 1.82. The summed E-state index contributed by atoms with van der Waals surface area (Å²) in [4.78, 5) is 29.9. The van der Waals surface area contributed by atoms with Gasteiger partial charge >= 0.3 is 0 Å². The van der Waals surface area contributed by atoms with E-state index in [2.05, 4.69) is 19.2 Å². The van der Waals surface area contributed by atoms with E-state index < -0.39 is 5.92 Å². The van der Waals surface area contributed by atoms with Gasteiger partial charge in [-0.15, -0.1) is 11.3 Å². The van der Waals surface area contributed by atoms with Crippen LogP contribution in [-0.2, 0) is 4.79 Å². The molecule has 0 aliphatic carbocycles. The van der Waals surface area contributed by atoms with Crippen molar-refractivity contribution in [3.05, 3.63) is 87.1 Å². The van der Waals surface area contributed by atoms with Gasteiger partial charge in [0.15, 0.2) is 0 Å². The largest absolute Gasteiger partial charge is 0.329 e. The maximum atomic E-state index is 13.6. The second kappa shape index (κ2) is 8.62. The zero-order valence-corrected chi connectivity index (χ0v) is 18.4. The third-order valence-electron chi connectivity index (χ3n) is 5.21. The Morgan fingerprint density at radius 2 is 1.93 bits per heavy atom. The lowest BCUT2D eigenvalue weighted by molar-refractivity contribution is -0.119. The number of carbonyl (C=O) groups is 2. The second-order valence-corrected chi connectivity index (χ2v) is 9.29. The second-order valence-electron chi connectivity index (χ2n) is 7.88. The van der Waals surface area contributed by atoms with Crippen LogP contribution in [0, 0.1) is 5.92 Å². The van der Waals surface area contributed by atoms with Crippen LogP contribution >= 0.6 is 22.9 Å². The fourth-order valence-electron chi connectivity index (χ4n) is 4.03. The third kappa shape index (κ3) is 4.00. The average molecular weight is 439 g/mol. The van der Waals surface area contributed by atoms with Crippen molar-refractivity contribution in [1.29, 1.82) is 0 Å². The van der Waals surface area contributed by atoms with Gasteiger partial charge in [0.25, 0.3) is 5.91 Å². The highest BCUT2D eigenvalue weighted by Gasteiger charge is 2.44. The number of hydrogen-bond acceptors (Lipinski definition) is 3. The van der Waals surface area contributed by atoms with Crippen LogP contribution in [0.5, 0.6) is 0 Å². The first-order chi connectivity index (χ1) is 14.5. The molecule has 2 aromatic carbocycles. The van der Waals surface area contributed by atoms with E-state index in [-0.39, 0.29) is 23.8 Å². The van der Waals surface area contributed by atoms with Gasteiger partial charge in [-0.05, 0) is 47.2 Å². The Morgan fingerprint density at radius 1 is 1.13 bits per heavy atom. The topological polar surface area (TPSA) is 49.4 Å². The molecule has 1 aromatic heterocycles. The summed E-state index contributed by atoms with van der Waals surface area (Å²) in [5.74, 6) is -0.414. The van der Waals surface area contributed by atoms with Crippen molar-refractivity contribution in [2.24, 2.45) is 5.92 Å². The SMILES string of the molecule is CC(C)CN1C(=O)c2ccccc2[C@@H](C(=O)Nc2cccc(Cl)c2)[C@H]1c1cccs1. The number of hydrogen-bond donors (Lipinski definition) is 1. The molecule has 0 saturated carbocycles. The van der Waals surface area contributed by atoms with Gasteiger partial charge in [-0.3, -0.25) is 9.59 Å². The molecule has 0 radical (unpaired) electrons. The van der Waals surface area contributed by atoms with Crippen LogP contribution in [0.15, 0.2) is 66.0 Å². The lowest BCUT2D eigenvalue weighted by Gasteiger charge is -2.42. The van der Waals surface area contributed by atoms with Crippen LogP contribution in [0.25, 0.3) is 0 Å². The van der Waals surface area contributed by atoms with Crippen molar-refractivity contribution in [1.82, 2.24) is 4.90 Å². The highest BCUT2D eigenvalue weighted by Crippen LogP contribution is 2.45. The van der Waals surface area contributed by atoms with Crippen molar-refractivity contribution in [3.8, 4) is 0 Å². The summed E-state index contributed by atoms with van der Waals surface area (Å²) in [5, 5.41) is 5.56. The molecular formula is C24H23ClN2O2S. The Kier molecular flexibility index (Phi) is 5.93. The molecule has 2 atom stereocenters.